The number of aromatic nitrogens is 2. The highest BCUT2D eigenvalue weighted by atomic mass is 16.5. The summed E-state index contributed by atoms with van der Waals surface area (Å²) >= 11 is 0. The molecule has 2 amide bonds. The van der Waals surface area contributed by atoms with Crippen molar-refractivity contribution >= 4 is 23.4 Å². The lowest BCUT2D eigenvalue weighted by atomic mass is 10.2. The second-order valence-electron chi connectivity index (χ2n) is 5.58. The zero-order valence-corrected chi connectivity index (χ0v) is 15.3. The molecule has 0 fully saturated rings. The maximum absolute atomic E-state index is 12.4. The van der Waals surface area contributed by atoms with Crippen LogP contribution in [-0.4, -0.2) is 44.3 Å². The van der Waals surface area contributed by atoms with Gasteiger partial charge in [-0.15, -0.1) is 0 Å². The predicted octanol–water partition coefficient (Wildman–Crippen LogP) is 2.82. The summed E-state index contributed by atoms with van der Waals surface area (Å²) in [6.07, 6.45) is 0. The van der Waals surface area contributed by atoms with Crippen LogP contribution >= 0.6 is 0 Å². The fourth-order valence-corrected chi connectivity index (χ4v) is 2.33. The molecule has 2 N–H and O–H groups in total. The molecule has 1 heterocycles. The van der Waals surface area contributed by atoms with E-state index in [-0.39, 0.29) is 0 Å². The number of ether oxygens (including phenoxy) is 2. The highest BCUT2D eigenvalue weighted by molar-refractivity contribution is 6.01. The van der Waals surface area contributed by atoms with Crippen LogP contribution in [0.2, 0.25) is 0 Å². The summed E-state index contributed by atoms with van der Waals surface area (Å²) in [7, 11) is 6.79. The van der Waals surface area contributed by atoms with Crippen LogP contribution < -0.4 is 25.0 Å². The van der Waals surface area contributed by atoms with Crippen LogP contribution in [0.15, 0.2) is 18.2 Å². The summed E-state index contributed by atoms with van der Waals surface area (Å²) in [5.74, 6) is 1.58. The molecule has 2 aromatic rings. The topological polar surface area (TPSA) is 88.6 Å². The van der Waals surface area contributed by atoms with Crippen molar-refractivity contribution in [1.82, 2.24) is 9.97 Å². The van der Waals surface area contributed by atoms with E-state index in [4.69, 9.17) is 9.47 Å². The van der Waals surface area contributed by atoms with Crippen LogP contribution in [0.3, 0.4) is 0 Å². The molecule has 25 heavy (non-hydrogen) atoms. The number of benzene rings is 1. The Morgan fingerprint density at radius 2 is 1.68 bits per heavy atom. The summed E-state index contributed by atoms with van der Waals surface area (Å²) in [5.41, 5.74) is 2.44. The SMILES string of the molecule is COc1cccc(NC(=O)Nc2c(C)nc(N(C)C)nc2C)c1OC. The molecular weight excluding hydrogens is 322 g/mol. The van der Waals surface area contributed by atoms with E-state index in [1.54, 1.807) is 18.2 Å². The lowest BCUT2D eigenvalue weighted by Crippen LogP contribution is -2.22. The van der Waals surface area contributed by atoms with Gasteiger partial charge in [0.15, 0.2) is 11.5 Å². The number of hydrogen-bond acceptors (Lipinski definition) is 6. The Morgan fingerprint density at radius 1 is 1.04 bits per heavy atom. The van der Waals surface area contributed by atoms with Gasteiger partial charge in [0.1, 0.15) is 0 Å². The second-order valence-corrected chi connectivity index (χ2v) is 5.58. The monoisotopic (exact) mass is 345 g/mol. The van der Waals surface area contributed by atoms with Crippen LogP contribution in [0.5, 0.6) is 11.5 Å². The zero-order valence-electron chi connectivity index (χ0n) is 15.3. The Kier molecular flexibility index (Phi) is 5.63. The smallest absolute Gasteiger partial charge is 0.323 e. The first-order valence-electron chi connectivity index (χ1n) is 7.69. The predicted molar refractivity (Wildman–Crippen MR) is 98.0 cm³/mol. The highest BCUT2D eigenvalue weighted by Gasteiger charge is 2.15. The number of para-hydroxylation sites is 1. The van der Waals surface area contributed by atoms with Crippen LogP contribution in [0.25, 0.3) is 0 Å². The summed E-state index contributed by atoms with van der Waals surface area (Å²) < 4.78 is 10.5. The van der Waals surface area contributed by atoms with E-state index in [0.717, 1.165) is 0 Å². The minimum atomic E-state index is -0.418. The van der Waals surface area contributed by atoms with Crippen LogP contribution in [0.4, 0.5) is 22.1 Å². The van der Waals surface area contributed by atoms with Gasteiger partial charge in [-0.2, -0.15) is 0 Å². The highest BCUT2D eigenvalue weighted by Crippen LogP contribution is 2.34. The van der Waals surface area contributed by atoms with Crippen LogP contribution in [-0.2, 0) is 0 Å². The molecule has 134 valence electrons. The first kappa shape index (κ1) is 18.3. The maximum Gasteiger partial charge on any atom is 0.323 e. The number of carbonyl (C=O) groups is 1. The number of anilines is 3. The van der Waals surface area contributed by atoms with Crippen molar-refractivity contribution in [2.24, 2.45) is 0 Å². The zero-order chi connectivity index (χ0) is 18.6. The van der Waals surface area contributed by atoms with Gasteiger partial charge in [-0.1, -0.05) is 6.07 Å². The van der Waals surface area contributed by atoms with Gasteiger partial charge in [0.2, 0.25) is 5.95 Å². The summed E-state index contributed by atoms with van der Waals surface area (Å²) in [4.78, 5) is 23.0. The van der Waals surface area contributed by atoms with E-state index in [9.17, 15) is 4.79 Å². The number of nitrogens with zero attached hydrogens (tertiary/aromatic N) is 3. The molecule has 0 bridgehead atoms. The summed E-state index contributed by atoms with van der Waals surface area (Å²) in [6.45, 7) is 3.65. The van der Waals surface area contributed by atoms with Crippen molar-refractivity contribution in [2.45, 2.75) is 13.8 Å². The molecule has 1 aromatic heterocycles. The van der Waals surface area contributed by atoms with E-state index in [1.807, 2.05) is 32.8 Å². The van der Waals surface area contributed by atoms with Gasteiger partial charge in [0.05, 0.1) is 37.0 Å². The van der Waals surface area contributed by atoms with Crippen LogP contribution in [0.1, 0.15) is 11.4 Å². The number of urea groups is 1. The van der Waals surface area contributed by atoms with Gasteiger partial charge in [-0.05, 0) is 26.0 Å². The van der Waals surface area contributed by atoms with E-state index in [0.29, 0.717) is 40.2 Å². The molecule has 0 aliphatic heterocycles. The Balaban J connectivity index is 2.22. The van der Waals surface area contributed by atoms with Crippen molar-refractivity contribution in [2.75, 3.05) is 43.8 Å². The Bertz CT molecular complexity index is 754. The molecule has 0 aliphatic carbocycles. The third-order valence-electron chi connectivity index (χ3n) is 3.55. The third kappa shape index (κ3) is 4.09. The van der Waals surface area contributed by atoms with Gasteiger partial charge in [-0.3, -0.25) is 0 Å². The molecule has 0 saturated carbocycles. The largest absolute Gasteiger partial charge is 0.493 e. The quantitative estimate of drug-likeness (QED) is 0.866. The van der Waals surface area contributed by atoms with E-state index in [2.05, 4.69) is 20.6 Å². The molecule has 0 unspecified atom stereocenters. The minimum absolute atomic E-state index is 0.418. The number of carbonyl (C=O) groups excluding carboxylic acids is 1. The molecule has 1 aromatic carbocycles. The molecular formula is C17H23N5O3. The first-order valence-corrected chi connectivity index (χ1v) is 7.69. The minimum Gasteiger partial charge on any atom is -0.493 e. The normalized spacial score (nSPS) is 10.2. The Labute approximate surface area is 147 Å². The van der Waals surface area contributed by atoms with Gasteiger partial charge in [-0.25, -0.2) is 14.8 Å². The van der Waals surface area contributed by atoms with E-state index in [1.165, 1.54) is 14.2 Å². The van der Waals surface area contributed by atoms with Gasteiger partial charge >= 0.3 is 6.03 Å². The van der Waals surface area contributed by atoms with Crippen molar-refractivity contribution in [3.63, 3.8) is 0 Å². The Hall–Kier alpha value is -3.03. The van der Waals surface area contributed by atoms with Crippen molar-refractivity contribution in [1.29, 1.82) is 0 Å². The molecule has 8 nitrogen and oxygen atoms in total. The fraction of sp³-hybridized carbons (Fsp3) is 0.353. The lowest BCUT2D eigenvalue weighted by Gasteiger charge is -2.17. The third-order valence-corrected chi connectivity index (χ3v) is 3.55. The molecule has 0 radical (unpaired) electrons. The maximum atomic E-state index is 12.4. The molecule has 8 heteroatoms. The van der Waals surface area contributed by atoms with Crippen molar-refractivity contribution in [3.8, 4) is 11.5 Å². The van der Waals surface area contributed by atoms with Gasteiger partial charge in [0.25, 0.3) is 0 Å². The lowest BCUT2D eigenvalue weighted by molar-refractivity contribution is 0.262. The Morgan fingerprint density at radius 3 is 2.20 bits per heavy atom. The summed E-state index contributed by atoms with van der Waals surface area (Å²) in [6, 6.07) is 4.83. The number of amides is 2. The number of hydrogen-bond donors (Lipinski definition) is 2. The number of rotatable bonds is 5. The standard InChI is InChI=1S/C17H23N5O3/c1-10-14(11(2)19-16(18-10)22(3)4)21-17(23)20-12-8-7-9-13(24-5)15(12)25-6/h7-9H,1-6H3,(H2,20,21,23). The van der Waals surface area contributed by atoms with Crippen molar-refractivity contribution < 1.29 is 14.3 Å². The first-order chi connectivity index (χ1) is 11.9. The molecule has 2 rings (SSSR count). The number of methoxy groups -OCH3 is 2. The number of aryl methyl sites for hydroxylation is 2. The van der Waals surface area contributed by atoms with Gasteiger partial charge in [0, 0.05) is 14.1 Å². The average Bonchev–Trinajstić information content (AvgIpc) is 2.57. The van der Waals surface area contributed by atoms with E-state index < -0.39 is 6.03 Å². The van der Waals surface area contributed by atoms with Crippen LogP contribution in [0, 0.1) is 13.8 Å². The van der Waals surface area contributed by atoms with E-state index >= 15 is 0 Å². The number of nitrogens with one attached hydrogen (secondary N) is 2. The second kappa shape index (κ2) is 7.69. The molecule has 0 spiro atoms. The molecule has 0 atom stereocenters. The average molecular weight is 345 g/mol. The van der Waals surface area contributed by atoms with Crippen molar-refractivity contribution in [3.05, 3.63) is 29.6 Å². The molecule has 0 saturated heterocycles. The summed E-state index contributed by atoms with van der Waals surface area (Å²) in [5, 5.41) is 5.55. The van der Waals surface area contributed by atoms with Gasteiger partial charge < -0.3 is 25.0 Å². The fourth-order valence-electron chi connectivity index (χ4n) is 2.33. The molecule has 0 aliphatic rings.